The van der Waals surface area contributed by atoms with Gasteiger partial charge in [-0.1, -0.05) is 13.0 Å². The third-order valence-corrected chi connectivity index (χ3v) is 4.45. The first kappa shape index (κ1) is 17.6. The highest BCUT2D eigenvalue weighted by atomic mass is 16.5. The van der Waals surface area contributed by atoms with Gasteiger partial charge in [-0.15, -0.1) is 0 Å². The predicted octanol–water partition coefficient (Wildman–Crippen LogP) is 2.24. The minimum absolute atomic E-state index is 0.284. The zero-order chi connectivity index (χ0) is 16.7. The van der Waals surface area contributed by atoms with Crippen molar-refractivity contribution >= 4 is 5.91 Å². The molecule has 1 aliphatic heterocycles. The molecule has 0 saturated carbocycles. The number of nitrogens with zero attached hydrogens (tertiary/aromatic N) is 1. The highest BCUT2D eigenvalue weighted by Gasteiger charge is 2.29. The largest absolute Gasteiger partial charge is 0.493 e. The molecule has 0 spiro atoms. The Hall–Kier alpha value is -1.75. The van der Waals surface area contributed by atoms with E-state index in [4.69, 9.17) is 9.47 Å². The fourth-order valence-electron chi connectivity index (χ4n) is 3.13. The van der Waals surface area contributed by atoms with Gasteiger partial charge >= 0.3 is 0 Å². The number of benzene rings is 1. The molecule has 23 heavy (non-hydrogen) atoms. The molecule has 1 fully saturated rings. The minimum Gasteiger partial charge on any atom is -0.493 e. The Kier molecular flexibility index (Phi) is 6.71. The minimum atomic E-state index is 0.284. The highest BCUT2D eigenvalue weighted by Crippen LogP contribution is 2.28. The second kappa shape index (κ2) is 8.77. The molecule has 0 aliphatic carbocycles. The number of likely N-dealkylation sites (tertiary alicyclic amines) is 1. The summed E-state index contributed by atoms with van der Waals surface area (Å²) in [4.78, 5) is 14.2. The first-order valence-corrected chi connectivity index (χ1v) is 8.40. The van der Waals surface area contributed by atoms with Crippen molar-refractivity contribution in [3.05, 3.63) is 23.8 Å². The topological polar surface area (TPSA) is 50.8 Å². The van der Waals surface area contributed by atoms with Gasteiger partial charge in [-0.3, -0.25) is 4.79 Å². The third-order valence-electron chi connectivity index (χ3n) is 4.45. The Morgan fingerprint density at radius 3 is 2.74 bits per heavy atom. The predicted molar refractivity (Wildman–Crippen MR) is 91.1 cm³/mol. The quantitative estimate of drug-likeness (QED) is 0.709. The lowest BCUT2D eigenvalue weighted by molar-refractivity contribution is -0.129. The summed E-state index contributed by atoms with van der Waals surface area (Å²) in [5, 5.41) is 3.34. The summed E-state index contributed by atoms with van der Waals surface area (Å²) < 4.78 is 10.6. The van der Waals surface area contributed by atoms with E-state index < -0.39 is 0 Å². The van der Waals surface area contributed by atoms with Crippen LogP contribution in [0.3, 0.4) is 0 Å². The van der Waals surface area contributed by atoms with Gasteiger partial charge in [0.25, 0.3) is 0 Å². The fourth-order valence-corrected chi connectivity index (χ4v) is 3.13. The van der Waals surface area contributed by atoms with Crippen LogP contribution in [0.15, 0.2) is 18.2 Å². The summed E-state index contributed by atoms with van der Waals surface area (Å²) in [7, 11) is 3.28. The number of rotatable bonds is 9. The van der Waals surface area contributed by atoms with Gasteiger partial charge in [-0.2, -0.15) is 0 Å². The van der Waals surface area contributed by atoms with Crippen molar-refractivity contribution in [1.82, 2.24) is 10.2 Å². The van der Waals surface area contributed by atoms with Gasteiger partial charge in [0, 0.05) is 19.0 Å². The van der Waals surface area contributed by atoms with Gasteiger partial charge in [-0.25, -0.2) is 0 Å². The number of amides is 1. The van der Waals surface area contributed by atoms with E-state index >= 15 is 0 Å². The smallest absolute Gasteiger partial charge is 0.222 e. The summed E-state index contributed by atoms with van der Waals surface area (Å²) >= 11 is 0. The van der Waals surface area contributed by atoms with Crippen molar-refractivity contribution in [2.45, 2.75) is 38.6 Å². The van der Waals surface area contributed by atoms with Crippen LogP contribution in [0.25, 0.3) is 0 Å². The average molecular weight is 320 g/mol. The Labute approximate surface area is 139 Å². The van der Waals surface area contributed by atoms with Crippen molar-refractivity contribution in [2.75, 3.05) is 33.9 Å². The van der Waals surface area contributed by atoms with Crippen LogP contribution in [0.2, 0.25) is 0 Å². The molecule has 1 atom stereocenters. The van der Waals surface area contributed by atoms with E-state index in [9.17, 15) is 4.79 Å². The summed E-state index contributed by atoms with van der Waals surface area (Å²) in [5.41, 5.74) is 1.16. The van der Waals surface area contributed by atoms with Crippen LogP contribution in [-0.2, 0) is 11.2 Å². The molecule has 1 N–H and O–H groups in total. The Balaban J connectivity index is 1.94. The Bertz CT molecular complexity index is 519. The number of methoxy groups -OCH3 is 2. The van der Waals surface area contributed by atoms with Crippen LogP contribution >= 0.6 is 0 Å². The van der Waals surface area contributed by atoms with Gasteiger partial charge in [0.05, 0.1) is 14.2 Å². The maximum absolute atomic E-state index is 12.1. The monoisotopic (exact) mass is 320 g/mol. The zero-order valence-electron chi connectivity index (χ0n) is 14.4. The van der Waals surface area contributed by atoms with Gasteiger partial charge < -0.3 is 19.7 Å². The van der Waals surface area contributed by atoms with Crippen LogP contribution in [0, 0.1) is 0 Å². The molecule has 2 rings (SSSR count). The molecule has 5 heteroatoms. The van der Waals surface area contributed by atoms with E-state index in [1.165, 1.54) is 0 Å². The number of nitrogens with one attached hydrogen (secondary N) is 1. The Morgan fingerprint density at radius 1 is 1.26 bits per heavy atom. The zero-order valence-corrected chi connectivity index (χ0v) is 14.4. The summed E-state index contributed by atoms with van der Waals surface area (Å²) in [6, 6.07) is 6.33. The molecule has 1 heterocycles. The lowest BCUT2D eigenvalue weighted by Crippen LogP contribution is -2.36. The van der Waals surface area contributed by atoms with Crippen LogP contribution in [0.1, 0.15) is 31.7 Å². The summed E-state index contributed by atoms with van der Waals surface area (Å²) in [5.74, 6) is 1.76. The lowest BCUT2D eigenvalue weighted by Gasteiger charge is -2.25. The molecule has 1 aromatic rings. The number of hydrogen-bond donors (Lipinski definition) is 1. The normalized spacial score (nSPS) is 17.6. The molecule has 5 nitrogen and oxygen atoms in total. The lowest BCUT2D eigenvalue weighted by atomic mass is 10.1. The highest BCUT2D eigenvalue weighted by molar-refractivity contribution is 5.78. The second-order valence-electron chi connectivity index (χ2n) is 5.86. The summed E-state index contributed by atoms with van der Waals surface area (Å²) in [6.45, 7) is 4.83. The molecule has 0 aromatic heterocycles. The molecule has 1 amide bonds. The maximum Gasteiger partial charge on any atom is 0.222 e. The number of hydrogen-bond acceptors (Lipinski definition) is 4. The van der Waals surface area contributed by atoms with Crippen molar-refractivity contribution in [1.29, 1.82) is 0 Å². The Morgan fingerprint density at radius 2 is 2.04 bits per heavy atom. The van der Waals surface area contributed by atoms with Gasteiger partial charge in [0.15, 0.2) is 11.5 Å². The number of ether oxygens (including phenoxy) is 2. The molecule has 1 saturated heterocycles. The van der Waals surface area contributed by atoms with Crippen molar-refractivity contribution in [3.63, 3.8) is 0 Å². The van der Waals surface area contributed by atoms with Crippen molar-refractivity contribution < 1.29 is 14.3 Å². The first-order valence-electron chi connectivity index (χ1n) is 8.40. The number of carbonyl (C=O) groups excluding carboxylic acids is 1. The molecule has 1 aliphatic rings. The van der Waals surface area contributed by atoms with E-state index in [1.54, 1.807) is 14.2 Å². The molecule has 0 radical (unpaired) electrons. The van der Waals surface area contributed by atoms with Gasteiger partial charge in [0.2, 0.25) is 5.91 Å². The average Bonchev–Trinajstić information content (AvgIpc) is 2.93. The third kappa shape index (κ3) is 4.61. The van der Waals surface area contributed by atoms with Gasteiger partial charge in [-0.05, 0) is 50.0 Å². The number of carbonyl (C=O) groups is 1. The van der Waals surface area contributed by atoms with Crippen molar-refractivity contribution in [2.24, 2.45) is 0 Å². The first-order chi connectivity index (χ1) is 11.2. The molecular weight excluding hydrogens is 292 g/mol. The van der Waals surface area contributed by atoms with Crippen LogP contribution in [-0.4, -0.2) is 50.7 Å². The fraction of sp³-hybridized carbons (Fsp3) is 0.611. The van der Waals surface area contributed by atoms with Gasteiger partial charge in [0.1, 0.15) is 0 Å². The maximum atomic E-state index is 12.1. The van der Waals surface area contributed by atoms with Crippen LogP contribution in [0.5, 0.6) is 11.5 Å². The second-order valence-corrected chi connectivity index (χ2v) is 5.86. The SMILES string of the molecule is CCNCC[C@@H]1CCC(=O)N1CCc1ccc(OC)c(OC)c1. The summed E-state index contributed by atoms with van der Waals surface area (Å²) in [6.07, 6.45) is 3.54. The van der Waals surface area contributed by atoms with E-state index in [0.29, 0.717) is 12.5 Å². The molecular formula is C18H28N2O3. The molecule has 0 unspecified atom stereocenters. The van der Waals surface area contributed by atoms with E-state index in [1.807, 2.05) is 23.1 Å². The van der Waals surface area contributed by atoms with E-state index in [-0.39, 0.29) is 5.91 Å². The van der Waals surface area contributed by atoms with Crippen molar-refractivity contribution in [3.8, 4) is 11.5 Å². The molecule has 1 aromatic carbocycles. The van der Waals surface area contributed by atoms with Crippen LogP contribution in [0.4, 0.5) is 0 Å². The van der Waals surface area contributed by atoms with E-state index in [0.717, 1.165) is 56.0 Å². The van der Waals surface area contributed by atoms with Crippen LogP contribution < -0.4 is 14.8 Å². The molecule has 0 bridgehead atoms. The molecule has 128 valence electrons. The standard InChI is InChI=1S/C18H28N2O3/c1-4-19-11-9-15-6-8-18(21)20(15)12-10-14-5-7-16(22-2)17(13-14)23-3/h5,7,13,15,19H,4,6,8-12H2,1-3H3/t15-/m0/s1. The van der Waals surface area contributed by atoms with E-state index in [2.05, 4.69) is 12.2 Å².